The molecule has 2 fully saturated rings. The summed E-state index contributed by atoms with van der Waals surface area (Å²) >= 11 is 0. The van der Waals surface area contributed by atoms with E-state index in [-0.39, 0.29) is 17.7 Å². The van der Waals surface area contributed by atoms with E-state index in [0.717, 1.165) is 12.0 Å². The first-order valence-electron chi connectivity index (χ1n) is 8.03. The molecule has 0 aliphatic carbocycles. The third-order valence-electron chi connectivity index (χ3n) is 4.85. The summed E-state index contributed by atoms with van der Waals surface area (Å²) in [7, 11) is 0. The van der Waals surface area contributed by atoms with Gasteiger partial charge in [0.2, 0.25) is 5.91 Å². The zero-order valence-corrected chi connectivity index (χ0v) is 13.2. The Morgan fingerprint density at radius 1 is 1.22 bits per heavy atom. The van der Waals surface area contributed by atoms with Crippen molar-refractivity contribution in [3.05, 3.63) is 35.9 Å². The van der Waals surface area contributed by atoms with Crippen LogP contribution in [-0.2, 0) is 9.59 Å². The van der Waals surface area contributed by atoms with Crippen molar-refractivity contribution in [2.75, 3.05) is 13.1 Å². The van der Waals surface area contributed by atoms with E-state index in [2.05, 4.69) is 10.6 Å². The Labute approximate surface area is 135 Å². The first kappa shape index (κ1) is 15.5. The van der Waals surface area contributed by atoms with Crippen LogP contribution in [0.15, 0.2) is 30.3 Å². The monoisotopic (exact) mass is 315 g/mol. The highest BCUT2D eigenvalue weighted by Crippen LogP contribution is 2.29. The second-order valence-corrected chi connectivity index (χ2v) is 6.19. The Balaban J connectivity index is 1.68. The number of rotatable bonds is 3. The van der Waals surface area contributed by atoms with E-state index in [9.17, 15) is 14.4 Å². The molecule has 1 aromatic carbocycles. The van der Waals surface area contributed by atoms with Crippen molar-refractivity contribution in [3.8, 4) is 0 Å². The summed E-state index contributed by atoms with van der Waals surface area (Å²) in [5.74, 6) is -0.333. The van der Waals surface area contributed by atoms with E-state index in [1.807, 2.05) is 42.2 Å². The fraction of sp³-hybridized carbons (Fsp3) is 0.471. The van der Waals surface area contributed by atoms with Crippen molar-refractivity contribution in [2.24, 2.45) is 0 Å². The summed E-state index contributed by atoms with van der Waals surface area (Å²) in [4.78, 5) is 37.9. The van der Waals surface area contributed by atoms with E-state index < -0.39 is 11.6 Å². The number of hydrogen-bond acceptors (Lipinski definition) is 3. The van der Waals surface area contributed by atoms with Gasteiger partial charge in [0.05, 0.1) is 5.92 Å². The maximum absolute atomic E-state index is 12.8. The fourth-order valence-electron chi connectivity index (χ4n) is 3.45. The Kier molecular flexibility index (Phi) is 4.07. The predicted molar refractivity (Wildman–Crippen MR) is 84.7 cm³/mol. The summed E-state index contributed by atoms with van der Waals surface area (Å²) in [5, 5.41) is 5.00. The van der Waals surface area contributed by atoms with Crippen molar-refractivity contribution in [1.82, 2.24) is 15.5 Å². The van der Waals surface area contributed by atoms with Crippen LogP contribution in [0.5, 0.6) is 0 Å². The van der Waals surface area contributed by atoms with Gasteiger partial charge in [0.25, 0.3) is 5.91 Å². The van der Waals surface area contributed by atoms with Gasteiger partial charge in [0.15, 0.2) is 0 Å². The number of benzene rings is 1. The first-order valence-corrected chi connectivity index (χ1v) is 8.03. The van der Waals surface area contributed by atoms with E-state index in [0.29, 0.717) is 25.9 Å². The highest BCUT2D eigenvalue weighted by Gasteiger charge is 2.48. The van der Waals surface area contributed by atoms with Crippen molar-refractivity contribution in [3.63, 3.8) is 0 Å². The normalized spacial score (nSPS) is 21.0. The number of amides is 4. The Bertz CT molecular complexity index is 621. The molecule has 6 nitrogen and oxygen atoms in total. The third kappa shape index (κ3) is 2.81. The lowest BCUT2D eigenvalue weighted by atomic mass is 9.86. The van der Waals surface area contributed by atoms with Crippen molar-refractivity contribution < 1.29 is 14.4 Å². The number of nitrogens with zero attached hydrogens (tertiary/aromatic N) is 1. The van der Waals surface area contributed by atoms with E-state index in [4.69, 9.17) is 0 Å². The Morgan fingerprint density at radius 3 is 2.39 bits per heavy atom. The number of piperidine rings is 1. The largest absolute Gasteiger partial charge is 0.342 e. The average molecular weight is 315 g/mol. The van der Waals surface area contributed by atoms with E-state index in [1.165, 1.54) is 0 Å². The number of carbonyl (C=O) groups is 3. The molecule has 2 saturated heterocycles. The molecular formula is C17H21N3O3. The zero-order chi connectivity index (χ0) is 16.4. The lowest BCUT2D eigenvalue weighted by molar-refractivity contribution is -0.137. The highest BCUT2D eigenvalue weighted by molar-refractivity contribution is 6.07. The molecular weight excluding hydrogens is 294 g/mol. The quantitative estimate of drug-likeness (QED) is 0.827. The molecule has 122 valence electrons. The Hall–Kier alpha value is -2.37. The average Bonchev–Trinajstić information content (AvgIpc) is 2.83. The molecule has 2 aliphatic rings. The van der Waals surface area contributed by atoms with Gasteiger partial charge in [-0.3, -0.25) is 14.9 Å². The van der Waals surface area contributed by atoms with Crippen LogP contribution in [0, 0.1) is 0 Å². The van der Waals surface area contributed by atoms with Crippen LogP contribution in [0.3, 0.4) is 0 Å². The van der Waals surface area contributed by atoms with Gasteiger partial charge in [-0.2, -0.15) is 0 Å². The number of carbonyl (C=O) groups excluding carboxylic acids is 3. The van der Waals surface area contributed by atoms with E-state index >= 15 is 0 Å². The number of urea groups is 1. The number of nitrogens with one attached hydrogen (secondary N) is 2. The zero-order valence-electron chi connectivity index (χ0n) is 13.2. The molecule has 6 heteroatoms. The van der Waals surface area contributed by atoms with Crippen LogP contribution >= 0.6 is 0 Å². The lowest BCUT2D eigenvalue weighted by Gasteiger charge is -2.38. The molecule has 3 rings (SSSR count). The lowest BCUT2D eigenvalue weighted by Crippen LogP contribution is -2.56. The van der Waals surface area contributed by atoms with Crippen LogP contribution in [0.1, 0.15) is 37.7 Å². The van der Waals surface area contributed by atoms with Crippen LogP contribution in [-0.4, -0.2) is 41.4 Å². The summed E-state index contributed by atoms with van der Waals surface area (Å²) in [6.45, 7) is 2.97. The molecule has 0 aromatic heterocycles. The molecule has 0 bridgehead atoms. The molecule has 2 aliphatic heterocycles. The number of imide groups is 1. The van der Waals surface area contributed by atoms with Crippen LogP contribution in [0.25, 0.3) is 0 Å². The van der Waals surface area contributed by atoms with Crippen molar-refractivity contribution in [1.29, 1.82) is 0 Å². The molecule has 1 spiro atoms. The summed E-state index contributed by atoms with van der Waals surface area (Å²) in [6, 6.07) is 9.33. The highest BCUT2D eigenvalue weighted by atomic mass is 16.2. The number of likely N-dealkylation sites (tertiary alicyclic amines) is 1. The Morgan fingerprint density at radius 2 is 1.87 bits per heavy atom. The fourth-order valence-corrected chi connectivity index (χ4v) is 3.45. The van der Waals surface area contributed by atoms with Gasteiger partial charge in [-0.25, -0.2) is 4.79 Å². The molecule has 4 amide bonds. The van der Waals surface area contributed by atoms with Gasteiger partial charge in [0, 0.05) is 13.1 Å². The number of hydrogen-bond donors (Lipinski definition) is 2. The van der Waals surface area contributed by atoms with E-state index in [1.54, 1.807) is 0 Å². The predicted octanol–water partition coefficient (Wildman–Crippen LogP) is 1.38. The van der Waals surface area contributed by atoms with Crippen molar-refractivity contribution in [2.45, 2.75) is 37.6 Å². The second-order valence-electron chi connectivity index (χ2n) is 6.19. The molecule has 23 heavy (non-hydrogen) atoms. The summed E-state index contributed by atoms with van der Waals surface area (Å²) in [5.41, 5.74) is 0.190. The SMILES string of the molecule is CC[C@H](C(=O)N1CCC2(CC1)NC(=O)NC2=O)c1ccccc1. The van der Waals surface area contributed by atoms with Crippen molar-refractivity contribution >= 4 is 17.8 Å². The molecule has 0 unspecified atom stereocenters. The molecule has 1 aromatic rings. The molecule has 0 radical (unpaired) electrons. The smallest absolute Gasteiger partial charge is 0.322 e. The standard InChI is InChI=1S/C17H21N3O3/c1-2-13(12-6-4-3-5-7-12)14(21)20-10-8-17(9-11-20)15(22)18-16(23)19-17/h3-7,13H,2,8-11H2,1H3,(H2,18,19,22,23)/t13-/m0/s1. The third-order valence-corrected chi connectivity index (χ3v) is 4.85. The van der Waals surface area contributed by atoms with Gasteiger partial charge >= 0.3 is 6.03 Å². The summed E-state index contributed by atoms with van der Waals surface area (Å²) in [6.07, 6.45) is 1.66. The van der Waals surface area contributed by atoms with Gasteiger partial charge in [0.1, 0.15) is 5.54 Å². The minimum atomic E-state index is -0.831. The van der Waals surface area contributed by atoms with Gasteiger partial charge < -0.3 is 10.2 Å². The topological polar surface area (TPSA) is 78.5 Å². The maximum atomic E-state index is 12.8. The van der Waals surface area contributed by atoms with Crippen LogP contribution in [0.2, 0.25) is 0 Å². The molecule has 2 heterocycles. The molecule has 2 N–H and O–H groups in total. The first-order chi connectivity index (χ1) is 11.1. The summed E-state index contributed by atoms with van der Waals surface area (Å²) < 4.78 is 0. The second kappa shape index (κ2) is 6.02. The van der Waals surface area contributed by atoms with Crippen LogP contribution in [0.4, 0.5) is 4.79 Å². The maximum Gasteiger partial charge on any atom is 0.322 e. The minimum absolute atomic E-state index is 0.0956. The van der Waals surface area contributed by atoms with Gasteiger partial charge in [-0.15, -0.1) is 0 Å². The van der Waals surface area contributed by atoms with Gasteiger partial charge in [-0.1, -0.05) is 37.3 Å². The minimum Gasteiger partial charge on any atom is -0.342 e. The molecule has 1 atom stereocenters. The molecule has 0 saturated carbocycles. The van der Waals surface area contributed by atoms with Gasteiger partial charge in [-0.05, 0) is 24.8 Å². The van der Waals surface area contributed by atoms with Crippen LogP contribution < -0.4 is 10.6 Å².